The zero-order chi connectivity index (χ0) is 13.1. The van der Waals surface area contributed by atoms with E-state index in [0.29, 0.717) is 0 Å². The van der Waals surface area contributed by atoms with E-state index in [-0.39, 0.29) is 5.54 Å². The molecule has 1 nitrogen and oxygen atoms in total. The van der Waals surface area contributed by atoms with Crippen LogP contribution < -0.4 is 5.32 Å². The van der Waals surface area contributed by atoms with Gasteiger partial charge < -0.3 is 5.32 Å². The topological polar surface area (TPSA) is 12.0 Å². The van der Waals surface area contributed by atoms with Gasteiger partial charge in [0.05, 0.1) is 0 Å². The molecule has 1 atom stereocenters. The minimum absolute atomic E-state index is 0.217. The fraction of sp³-hybridized carbons (Fsp3) is 0.333. The first-order chi connectivity index (χ1) is 9.34. The lowest BCUT2D eigenvalue weighted by Crippen LogP contribution is -2.35. The summed E-state index contributed by atoms with van der Waals surface area (Å²) in [5.41, 5.74) is 4.25. The zero-order valence-electron chi connectivity index (χ0n) is 11.5. The van der Waals surface area contributed by atoms with Crippen LogP contribution in [-0.4, -0.2) is 6.54 Å². The molecule has 0 saturated carbocycles. The molecule has 98 valence electrons. The molecular formula is C18H21N. The maximum Gasteiger partial charge on any atom is 0.0432 e. The van der Waals surface area contributed by atoms with Gasteiger partial charge in [0.15, 0.2) is 0 Å². The van der Waals surface area contributed by atoms with Gasteiger partial charge >= 0.3 is 0 Å². The van der Waals surface area contributed by atoms with Gasteiger partial charge in [0, 0.05) is 5.54 Å². The Bertz CT molecular complexity index is 521. The smallest absolute Gasteiger partial charge is 0.0432 e. The van der Waals surface area contributed by atoms with E-state index in [0.717, 1.165) is 13.0 Å². The molecule has 0 aliphatic carbocycles. The third kappa shape index (κ3) is 2.31. The molecule has 19 heavy (non-hydrogen) atoms. The molecule has 1 aliphatic rings. The van der Waals surface area contributed by atoms with Crippen molar-refractivity contribution >= 4 is 0 Å². The molecule has 3 rings (SSSR count). The average Bonchev–Trinajstić information content (AvgIpc) is 2.98. The van der Waals surface area contributed by atoms with Crippen molar-refractivity contribution in [2.75, 3.05) is 6.54 Å². The second-order valence-electron chi connectivity index (χ2n) is 5.41. The molecule has 2 aromatic rings. The molecule has 0 amide bonds. The number of hydrogen-bond acceptors (Lipinski definition) is 1. The summed E-state index contributed by atoms with van der Waals surface area (Å²) < 4.78 is 0. The van der Waals surface area contributed by atoms with Gasteiger partial charge in [-0.15, -0.1) is 0 Å². The second kappa shape index (κ2) is 5.18. The van der Waals surface area contributed by atoms with Crippen molar-refractivity contribution in [3.63, 3.8) is 0 Å². The maximum absolute atomic E-state index is 3.70. The zero-order valence-corrected chi connectivity index (χ0v) is 11.5. The van der Waals surface area contributed by atoms with Crippen LogP contribution in [0.3, 0.4) is 0 Å². The first-order valence-electron chi connectivity index (χ1n) is 7.25. The Hall–Kier alpha value is -1.60. The summed E-state index contributed by atoms with van der Waals surface area (Å²) in [6.45, 7) is 3.43. The summed E-state index contributed by atoms with van der Waals surface area (Å²) in [5, 5.41) is 3.70. The Morgan fingerprint density at radius 3 is 2.21 bits per heavy atom. The van der Waals surface area contributed by atoms with E-state index in [9.17, 15) is 0 Å². The van der Waals surface area contributed by atoms with E-state index in [1.807, 2.05) is 0 Å². The van der Waals surface area contributed by atoms with Gasteiger partial charge in [-0.25, -0.2) is 0 Å². The Balaban J connectivity index is 1.91. The van der Waals surface area contributed by atoms with Crippen LogP contribution >= 0.6 is 0 Å². The number of rotatable bonds is 3. The Labute approximate surface area is 115 Å². The third-order valence-corrected chi connectivity index (χ3v) is 4.39. The molecule has 2 aromatic carbocycles. The predicted octanol–water partition coefficient (Wildman–Crippen LogP) is 4.34. The van der Waals surface area contributed by atoms with E-state index < -0.39 is 0 Å². The standard InChI is InChI=1S/C18H21N/c1-2-18(13-6-14-19-18)17-11-9-16(10-12-17)15-7-4-3-5-8-15/h3-5,7-12,19H,2,6,13-14H2,1H3. The minimum Gasteiger partial charge on any atom is -0.307 e. The van der Waals surface area contributed by atoms with Crippen molar-refractivity contribution < 1.29 is 0 Å². The van der Waals surface area contributed by atoms with Crippen LogP contribution in [0.2, 0.25) is 0 Å². The van der Waals surface area contributed by atoms with Gasteiger partial charge in [-0.1, -0.05) is 61.5 Å². The van der Waals surface area contributed by atoms with Crippen molar-refractivity contribution in [2.24, 2.45) is 0 Å². The van der Waals surface area contributed by atoms with Gasteiger partial charge in [0.1, 0.15) is 0 Å². The van der Waals surface area contributed by atoms with Crippen molar-refractivity contribution in [1.29, 1.82) is 0 Å². The van der Waals surface area contributed by atoms with Gasteiger partial charge in [-0.05, 0) is 42.5 Å². The summed E-state index contributed by atoms with van der Waals surface area (Å²) in [7, 11) is 0. The molecule has 0 bridgehead atoms. The molecule has 1 unspecified atom stereocenters. The lowest BCUT2D eigenvalue weighted by atomic mass is 9.85. The van der Waals surface area contributed by atoms with Crippen LogP contribution in [0.1, 0.15) is 31.7 Å². The highest BCUT2D eigenvalue weighted by Crippen LogP contribution is 2.34. The number of nitrogens with one attached hydrogen (secondary N) is 1. The van der Waals surface area contributed by atoms with Crippen molar-refractivity contribution in [3.05, 3.63) is 60.2 Å². The van der Waals surface area contributed by atoms with Gasteiger partial charge in [0.25, 0.3) is 0 Å². The predicted molar refractivity (Wildman–Crippen MR) is 81.1 cm³/mol. The average molecular weight is 251 g/mol. The lowest BCUT2D eigenvalue weighted by molar-refractivity contribution is 0.376. The fourth-order valence-corrected chi connectivity index (χ4v) is 3.17. The molecule has 0 aromatic heterocycles. The normalized spacial score (nSPS) is 22.6. The Kier molecular flexibility index (Phi) is 3.39. The molecule has 0 radical (unpaired) electrons. The first kappa shape index (κ1) is 12.4. The fourth-order valence-electron chi connectivity index (χ4n) is 3.17. The van der Waals surface area contributed by atoms with Gasteiger partial charge in [0.2, 0.25) is 0 Å². The van der Waals surface area contributed by atoms with Crippen LogP contribution in [0.4, 0.5) is 0 Å². The van der Waals surface area contributed by atoms with Gasteiger partial charge in [-0.3, -0.25) is 0 Å². The van der Waals surface area contributed by atoms with E-state index in [1.165, 1.54) is 29.5 Å². The van der Waals surface area contributed by atoms with Crippen LogP contribution in [0.5, 0.6) is 0 Å². The summed E-state index contributed by atoms with van der Waals surface area (Å²) >= 11 is 0. The molecule has 0 spiro atoms. The van der Waals surface area contributed by atoms with E-state index in [2.05, 4.69) is 66.8 Å². The number of hydrogen-bond donors (Lipinski definition) is 1. The molecule has 1 saturated heterocycles. The van der Waals surface area contributed by atoms with Crippen LogP contribution in [0, 0.1) is 0 Å². The molecule has 1 fully saturated rings. The molecule has 1 heterocycles. The van der Waals surface area contributed by atoms with Crippen molar-refractivity contribution in [1.82, 2.24) is 5.32 Å². The highest BCUT2D eigenvalue weighted by molar-refractivity contribution is 5.63. The lowest BCUT2D eigenvalue weighted by Gasteiger charge is -2.29. The molecular weight excluding hydrogens is 230 g/mol. The highest BCUT2D eigenvalue weighted by Gasteiger charge is 2.32. The molecule has 1 aliphatic heterocycles. The Morgan fingerprint density at radius 2 is 1.63 bits per heavy atom. The Morgan fingerprint density at radius 1 is 0.947 bits per heavy atom. The highest BCUT2D eigenvalue weighted by atomic mass is 15.0. The quantitative estimate of drug-likeness (QED) is 0.855. The van der Waals surface area contributed by atoms with E-state index in [4.69, 9.17) is 0 Å². The van der Waals surface area contributed by atoms with E-state index in [1.54, 1.807) is 0 Å². The second-order valence-corrected chi connectivity index (χ2v) is 5.41. The van der Waals surface area contributed by atoms with Crippen LogP contribution in [0.25, 0.3) is 11.1 Å². The van der Waals surface area contributed by atoms with Crippen molar-refractivity contribution in [2.45, 2.75) is 31.7 Å². The van der Waals surface area contributed by atoms with Crippen LogP contribution in [-0.2, 0) is 5.54 Å². The third-order valence-electron chi connectivity index (χ3n) is 4.39. The summed E-state index contributed by atoms with van der Waals surface area (Å²) in [6, 6.07) is 19.7. The summed E-state index contributed by atoms with van der Waals surface area (Å²) in [4.78, 5) is 0. The summed E-state index contributed by atoms with van der Waals surface area (Å²) in [5.74, 6) is 0. The summed E-state index contributed by atoms with van der Waals surface area (Å²) in [6.07, 6.45) is 3.71. The first-order valence-corrected chi connectivity index (χ1v) is 7.25. The maximum atomic E-state index is 3.70. The SMILES string of the molecule is CCC1(c2ccc(-c3ccccc3)cc2)CCCN1. The largest absolute Gasteiger partial charge is 0.307 e. The molecule has 1 heteroatoms. The van der Waals surface area contributed by atoms with Gasteiger partial charge in [-0.2, -0.15) is 0 Å². The van der Waals surface area contributed by atoms with Crippen molar-refractivity contribution in [3.8, 4) is 11.1 Å². The van der Waals surface area contributed by atoms with Crippen LogP contribution in [0.15, 0.2) is 54.6 Å². The molecule has 1 N–H and O–H groups in total. The number of benzene rings is 2. The minimum atomic E-state index is 0.217. The van der Waals surface area contributed by atoms with E-state index >= 15 is 0 Å². The monoisotopic (exact) mass is 251 g/mol.